The Bertz CT molecular complexity index is 948. The van der Waals surface area contributed by atoms with Gasteiger partial charge in [-0.3, -0.25) is 5.10 Å². The molecule has 25 heavy (non-hydrogen) atoms. The van der Waals surface area contributed by atoms with E-state index in [0.29, 0.717) is 34.9 Å². The van der Waals surface area contributed by atoms with E-state index in [0.717, 1.165) is 4.88 Å². The molecule has 0 unspecified atom stereocenters. The summed E-state index contributed by atoms with van der Waals surface area (Å²) in [4.78, 5) is 1.16. The van der Waals surface area contributed by atoms with Crippen LogP contribution < -0.4 is 4.74 Å². The van der Waals surface area contributed by atoms with Gasteiger partial charge in [-0.15, -0.1) is 11.3 Å². The molecule has 2 heterocycles. The first-order chi connectivity index (χ1) is 12.1. The highest BCUT2D eigenvalue weighted by Crippen LogP contribution is 2.34. The fourth-order valence-corrected chi connectivity index (χ4v) is 3.30. The van der Waals surface area contributed by atoms with Crippen molar-refractivity contribution in [2.45, 2.75) is 13.3 Å². The van der Waals surface area contributed by atoms with Crippen LogP contribution in [0.5, 0.6) is 11.5 Å². The molecule has 0 aliphatic rings. The van der Waals surface area contributed by atoms with Crippen molar-refractivity contribution in [1.29, 1.82) is 0 Å². The normalized spacial score (nSPS) is 11.3. The van der Waals surface area contributed by atoms with E-state index in [9.17, 15) is 5.11 Å². The zero-order valence-corrected chi connectivity index (χ0v) is 15.7. The number of phenolic OH excluding ortho intramolecular Hbond substituents is 1. The number of H-pyrrole nitrogens is 1. The number of thiophene rings is 1. The van der Waals surface area contributed by atoms with Crippen LogP contribution in [0, 0.1) is 4.77 Å². The lowest BCUT2D eigenvalue weighted by molar-refractivity contribution is 0.318. The van der Waals surface area contributed by atoms with Crippen LogP contribution in [0.1, 0.15) is 23.2 Å². The minimum Gasteiger partial charge on any atom is -0.503 e. The van der Waals surface area contributed by atoms with Crippen molar-refractivity contribution in [3.8, 4) is 11.5 Å². The second kappa shape index (κ2) is 7.81. The van der Waals surface area contributed by atoms with E-state index in [1.54, 1.807) is 34.4 Å². The number of aromatic amines is 1. The van der Waals surface area contributed by atoms with Gasteiger partial charge in [-0.1, -0.05) is 17.7 Å². The van der Waals surface area contributed by atoms with Crippen LogP contribution in [-0.2, 0) is 6.42 Å². The van der Waals surface area contributed by atoms with Crippen LogP contribution in [-0.4, -0.2) is 32.8 Å². The first-order valence-electron chi connectivity index (χ1n) is 7.46. The zero-order valence-electron chi connectivity index (χ0n) is 13.3. The molecular weight excluding hydrogens is 380 g/mol. The highest BCUT2D eigenvalue weighted by Gasteiger charge is 2.10. The van der Waals surface area contributed by atoms with Crippen molar-refractivity contribution in [1.82, 2.24) is 14.9 Å². The number of benzene rings is 1. The van der Waals surface area contributed by atoms with Crippen LogP contribution in [0.4, 0.5) is 0 Å². The van der Waals surface area contributed by atoms with Gasteiger partial charge < -0.3 is 9.84 Å². The molecule has 1 aromatic carbocycles. The summed E-state index contributed by atoms with van der Waals surface area (Å²) in [7, 11) is 0. The van der Waals surface area contributed by atoms with Crippen LogP contribution >= 0.6 is 35.2 Å². The van der Waals surface area contributed by atoms with Gasteiger partial charge in [0.05, 0.1) is 17.8 Å². The van der Waals surface area contributed by atoms with Crippen LogP contribution in [0.3, 0.4) is 0 Å². The molecule has 0 spiro atoms. The van der Waals surface area contributed by atoms with Gasteiger partial charge in [0.2, 0.25) is 4.77 Å². The summed E-state index contributed by atoms with van der Waals surface area (Å²) in [6, 6.07) is 7.29. The molecular formula is C16H15ClN4O2S2. The highest BCUT2D eigenvalue weighted by molar-refractivity contribution is 7.71. The van der Waals surface area contributed by atoms with E-state index in [2.05, 4.69) is 15.3 Å². The second-order valence-electron chi connectivity index (χ2n) is 5.04. The number of nitrogens with zero attached hydrogens (tertiary/aromatic N) is 3. The summed E-state index contributed by atoms with van der Waals surface area (Å²) < 4.78 is 7.34. The van der Waals surface area contributed by atoms with Crippen molar-refractivity contribution in [3.05, 3.63) is 55.7 Å². The molecule has 6 nitrogen and oxygen atoms in total. The molecule has 0 fully saturated rings. The van der Waals surface area contributed by atoms with Crippen molar-refractivity contribution in [2.24, 2.45) is 5.10 Å². The highest BCUT2D eigenvalue weighted by atomic mass is 35.5. The molecule has 0 bridgehead atoms. The van der Waals surface area contributed by atoms with Gasteiger partial charge in [0.1, 0.15) is 0 Å². The summed E-state index contributed by atoms with van der Waals surface area (Å²) in [6.07, 6.45) is 2.22. The van der Waals surface area contributed by atoms with Gasteiger partial charge in [0.15, 0.2) is 17.3 Å². The summed E-state index contributed by atoms with van der Waals surface area (Å²) in [5, 5.41) is 23.5. The first kappa shape index (κ1) is 17.7. The topological polar surface area (TPSA) is 75.4 Å². The van der Waals surface area contributed by atoms with Crippen molar-refractivity contribution in [3.63, 3.8) is 0 Å². The van der Waals surface area contributed by atoms with Gasteiger partial charge in [-0.05, 0) is 48.3 Å². The zero-order chi connectivity index (χ0) is 17.8. The number of ether oxygens (including phenoxy) is 1. The number of nitrogens with one attached hydrogen (secondary N) is 1. The van der Waals surface area contributed by atoms with E-state index in [1.807, 2.05) is 24.4 Å². The number of hydrogen-bond acceptors (Lipinski definition) is 6. The van der Waals surface area contributed by atoms with Gasteiger partial charge in [0.25, 0.3) is 0 Å². The Morgan fingerprint density at radius 1 is 1.52 bits per heavy atom. The van der Waals surface area contributed by atoms with Gasteiger partial charge in [-0.25, -0.2) is 0 Å². The maximum absolute atomic E-state index is 9.90. The van der Waals surface area contributed by atoms with Gasteiger partial charge in [0, 0.05) is 11.3 Å². The van der Waals surface area contributed by atoms with Crippen molar-refractivity contribution in [2.75, 3.05) is 6.61 Å². The monoisotopic (exact) mass is 394 g/mol. The largest absolute Gasteiger partial charge is 0.503 e. The fraction of sp³-hybridized carbons (Fsp3) is 0.188. The molecule has 0 saturated carbocycles. The Hall–Kier alpha value is -2.16. The Kier molecular flexibility index (Phi) is 5.52. The first-order valence-corrected chi connectivity index (χ1v) is 9.13. The second-order valence-corrected chi connectivity index (χ2v) is 6.87. The van der Waals surface area contributed by atoms with E-state index < -0.39 is 0 Å². The standard InChI is InChI=1S/C16H15ClN4O2S2/c1-2-23-13-7-10(6-12(17)15(13)22)9-18-21-14(19-20-16(21)24)8-11-4-3-5-25-11/h3-7,9,22H,2,8H2,1H3,(H,20,24)/b18-9-. The summed E-state index contributed by atoms with van der Waals surface area (Å²) in [6.45, 7) is 2.25. The molecule has 0 aliphatic carbocycles. The Morgan fingerprint density at radius 2 is 2.36 bits per heavy atom. The molecule has 0 atom stereocenters. The van der Waals surface area contributed by atoms with Gasteiger partial charge >= 0.3 is 0 Å². The summed E-state index contributed by atoms with van der Waals surface area (Å²) in [5.41, 5.74) is 0.677. The lowest BCUT2D eigenvalue weighted by Gasteiger charge is -2.08. The van der Waals surface area contributed by atoms with E-state index >= 15 is 0 Å². The Labute approximate surface area is 158 Å². The summed E-state index contributed by atoms with van der Waals surface area (Å²) >= 11 is 12.9. The van der Waals surface area contributed by atoms with E-state index in [-0.39, 0.29) is 10.8 Å². The maximum Gasteiger partial charge on any atom is 0.216 e. The number of aromatic hydroxyl groups is 1. The fourth-order valence-electron chi connectivity index (χ4n) is 2.19. The third kappa shape index (κ3) is 4.09. The average molecular weight is 395 g/mol. The molecule has 3 aromatic rings. The predicted octanol–water partition coefficient (Wildman–Crippen LogP) is 4.23. The molecule has 9 heteroatoms. The van der Waals surface area contributed by atoms with Crippen LogP contribution in [0.25, 0.3) is 0 Å². The quantitative estimate of drug-likeness (QED) is 0.484. The third-order valence-electron chi connectivity index (χ3n) is 3.30. The number of hydrogen-bond donors (Lipinski definition) is 2. The SMILES string of the molecule is CCOc1cc(/C=N\n2c(Cc3cccs3)n[nH]c2=S)cc(Cl)c1O. The molecule has 0 saturated heterocycles. The van der Waals surface area contributed by atoms with Gasteiger partial charge in [-0.2, -0.15) is 14.9 Å². The lowest BCUT2D eigenvalue weighted by atomic mass is 10.2. The minimum atomic E-state index is -0.0843. The smallest absolute Gasteiger partial charge is 0.216 e. The van der Waals surface area contributed by atoms with E-state index in [4.69, 9.17) is 28.6 Å². The van der Waals surface area contributed by atoms with Crippen molar-refractivity contribution >= 4 is 41.4 Å². The molecule has 130 valence electrons. The predicted molar refractivity (Wildman–Crippen MR) is 102 cm³/mol. The number of halogens is 1. The molecule has 0 radical (unpaired) electrons. The lowest BCUT2D eigenvalue weighted by Crippen LogP contribution is -2.00. The molecule has 3 rings (SSSR count). The van der Waals surface area contributed by atoms with Crippen LogP contribution in [0.2, 0.25) is 5.02 Å². The molecule has 0 amide bonds. The van der Waals surface area contributed by atoms with Crippen LogP contribution in [0.15, 0.2) is 34.7 Å². The molecule has 2 N–H and O–H groups in total. The number of rotatable bonds is 6. The summed E-state index contributed by atoms with van der Waals surface area (Å²) in [5.74, 6) is 0.934. The Morgan fingerprint density at radius 3 is 3.08 bits per heavy atom. The van der Waals surface area contributed by atoms with Crippen molar-refractivity contribution < 1.29 is 9.84 Å². The molecule has 2 aromatic heterocycles. The third-order valence-corrected chi connectivity index (χ3v) is 4.73. The Balaban J connectivity index is 1.90. The van der Waals surface area contributed by atoms with E-state index in [1.165, 1.54) is 0 Å². The number of phenols is 1. The molecule has 0 aliphatic heterocycles. The number of aromatic nitrogens is 3. The average Bonchev–Trinajstić information content (AvgIpc) is 3.21. The maximum atomic E-state index is 9.90. The minimum absolute atomic E-state index is 0.0843.